The van der Waals surface area contributed by atoms with Crippen LogP contribution in [0.5, 0.6) is 5.75 Å². The minimum Gasteiger partial charge on any atom is -0.497 e. The van der Waals surface area contributed by atoms with E-state index in [1.54, 1.807) is 7.11 Å². The summed E-state index contributed by atoms with van der Waals surface area (Å²) in [6.07, 6.45) is 2.84. The number of nitrogens with one attached hydrogen (secondary N) is 1. The summed E-state index contributed by atoms with van der Waals surface area (Å²) >= 11 is 0. The van der Waals surface area contributed by atoms with Crippen LogP contribution in [0.2, 0.25) is 0 Å². The van der Waals surface area contributed by atoms with Gasteiger partial charge >= 0.3 is 0 Å². The molecular formula is C16H22N2O2. The number of methoxy groups -OCH3 is 1. The Bertz CT molecular complexity index is 485. The number of amides is 1. The number of carbonyl (C=O) groups excluding carboxylic acids is 1. The normalized spacial score (nSPS) is 22.6. The summed E-state index contributed by atoms with van der Waals surface area (Å²) in [6, 6.07) is 8.34. The number of ether oxygens (including phenoxy) is 1. The molecular weight excluding hydrogens is 252 g/mol. The fourth-order valence-electron chi connectivity index (χ4n) is 3.12. The first kappa shape index (κ1) is 13.4. The second-order valence-corrected chi connectivity index (χ2v) is 5.75. The fourth-order valence-corrected chi connectivity index (χ4v) is 3.12. The molecule has 2 aliphatic rings. The number of carbonyl (C=O) groups is 1. The molecule has 0 bridgehead atoms. The van der Waals surface area contributed by atoms with Crippen LogP contribution in [-0.2, 0) is 4.79 Å². The summed E-state index contributed by atoms with van der Waals surface area (Å²) in [5.74, 6) is 1.71. The molecule has 0 aliphatic carbocycles. The topological polar surface area (TPSA) is 41.6 Å². The van der Waals surface area contributed by atoms with E-state index in [4.69, 9.17) is 4.74 Å². The molecule has 0 radical (unpaired) electrons. The van der Waals surface area contributed by atoms with E-state index >= 15 is 0 Å². The van der Waals surface area contributed by atoms with Gasteiger partial charge in [-0.3, -0.25) is 4.79 Å². The van der Waals surface area contributed by atoms with Crippen molar-refractivity contribution in [3.05, 3.63) is 29.8 Å². The maximum Gasteiger partial charge on any atom is 0.223 e. The minimum atomic E-state index is 0.227. The zero-order chi connectivity index (χ0) is 13.9. The van der Waals surface area contributed by atoms with E-state index in [0.717, 1.165) is 38.2 Å². The standard InChI is InChI=1S/C16H22N2O2/c1-20-14-5-2-4-13(9-14)15-6-3-7-18(15)16(19)8-12-10-17-11-12/h2,4-5,9,12,15,17H,3,6-8,10-11H2,1H3. The number of hydrogen-bond donors (Lipinski definition) is 1. The average Bonchev–Trinajstić information content (AvgIpc) is 2.92. The molecule has 108 valence electrons. The van der Waals surface area contributed by atoms with Crippen molar-refractivity contribution >= 4 is 5.91 Å². The van der Waals surface area contributed by atoms with E-state index in [1.165, 1.54) is 5.56 Å². The molecule has 2 fully saturated rings. The minimum absolute atomic E-state index is 0.227. The number of benzene rings is 1. The summed E-state index contributed by atoms with van der Waals surface area (Å²) in [5.41, 5.74) is 1.20. The maximum absolute atomic E-state index is 12.5. The van der Waals surface area contributed by atoms with Crippen LogP contribution in [0, 0.1) is 5.92 Å². The van der Waals surface area contributed by atoms with Gasteiger partial charge in [0, 0.05) is 13.0 Å². The molecule has 1 atom stereocenters. The van der Waals surface area contributed by atoms with Gasteiger partial charge in [-0.05, 0) is 49.5 Å². The van der Waals surface area contributed by atoms with E-state index in [9.17, 15) is 4.79 Å². The van der Waals surface area contributed by atoms with Crippen LogP contribution < -0.4 is 10.1 Å². The largest absolute Gasteiger partial charge is 0.497 e. The van der Waals surface area contributed by atoms with E-state index < -0.39 is 0 Å². The van der Waals surface area contributed by atoms with Crippen molar-refractivity contribution in [3.63, 3.8) is 0 Å². The highest BCUT2D eigenvalue weighted by atomic mass is 16.5. The van der Waals surface area contributed by atoms with Gasteiger partial charge in [0.05, 0.1) is 13.2 Å². The Balaban J connectivity index is 1.72. The Kier molecular flexibility index (Phi) is 3.92. The molecule has 2 aliphatic heterocycles. The molecule has 1 amide bonds. The molecule has 1 unspecified atom stereocenters. The third kappa shape index (κ3) is 2.66. The zero-order valence-electron chi connectivity index (χ0n) is 12.0. The highest BCUT2D eigenvalue weighted by Crippen LogP contribution is 2.34. The Morgan fingerprint density at radius 1 is 1.45 bits per heavy atom. The van der Waals surface area contributed by atoms with Crippen molar-refractivity contribution in [2.24, 2.45) is 5.92 Å². The molecule has 0 spiro atoms. The predicted molar refractivity (Wildman–Crippen MR) is 77.7 cm³/mol. The van der Waals surface area contributed by atoms with Crippen LogP contribution in [0.1, 0.15) is 30.9 Å². The van der Waals surface area contributed by atoms with Gasteiger partial charge in [0.2, 0.25) is 5.91 Å². The van der Waals surface area contributed by atoms with Gasteiger partial charge in [-0.2, -0.15) is 0 Å². The molecule has 1 aromatic carbocycles. The van der Waals surface area contributed by atoms with Gasteiger partial charge < -0.3 is 15.0 Å². The van der Waals surface area contributed by atoms with Crippen molar-refractivity contribution in [2.75, 3.05) is 26.7 Å². The van der Waals surface area contributed by atoms with Crippen molar-refractivity contribution in [1.82, 2.24) is 10.2 Å². The first-order valence-corrected chi connectivity index (χ1v) is 7.42. The Morgan fingerprint density at radius 2 is 2.30 bits per heavy atom. The van der Waals surface area contributed by atoms with Crippen LogP contribution in [0.4, 0.5) is 0 Å². The van der Waals surface area contributed by atoms with Gasteiger partial charge in [0.1, 0.15) is 5.75 Å². The molecule has 4 heteroatoms. The zero-order valence-corrected chi connectivity index (χ0v) is 12.0. The number of hydrogen-bond acceptors (Lipinski definition) is 3. The molecule has 2 saturated heterocycles. The number of rotatable bonds is 4. The van der Waals surface area contributed by atoms with Crippen LogP contribution in [-0.4, -0.2) is 37.6 Å². The Hall–Kier alpha value is -1.55. The second kappa shape index (κ2) is 5.83. The highest BCUT2D eigenvalue weighted by molar-refractivity contribution is 5.77. The Labute approximate surface area is 120 Å². The van der Waals surface area contributed by atoms with Gasteiger partial charge in [-0.25, -0.2) is 0 Å². The Morgan fingerprint density at radius 3 is 3.00 bits per heavy atom. The molecule has 3 rings (SSSR count). The summed E-state index contributed by atoms with van der Waals surface area (Å²) in [6.45, 7) is 2.87. The highest BCUT2D eigenvalue weighted by Gasteiger charge is 2.32. The molecule has 4 nitrogen and oxygen atoms in total. The molecule has 0 aromatic heterocycles. The lowest BCUT2D eigenvalue weighted by Gasteiger charge is -2.31. The van der Waals surface area contributed by atoms with Gasteiger partial charge in [-0.1, -0.05) is 12.1 Å². The molecule has 1 N–H and O–H groups in total. The first-order chi connectivity index (χ1) is 9.78. The van der Waals surface area contributed by atoms with Gasteiger partial charge in [0.15, 0.2) is 0 Å². The maximum atomic E-state index is 12.5. The van der Waals surface area contributed by atoms with Crippen molar-refractivity contribution in [1.29, 1.82) is 0 Å². The second-order valence-electron chi connectivity index (χ2n) is 5.75. The molecule has 0 saturated carbocycles. The predicted octanol–water partition coefficient (Wildman–Crippen LogP) is 1.97. The summed E-state index contributed by atoms with van der Waals surface area (Å²) < 4.78 is 5.29. The average molecular weight is 274 g/mol. The van der Waals surface area contributed by atoms with E-state index in [1.807, 2.05) is 12.1 Å². The lowest BCUT2D eigenvalue weighted by molar-refractivity contribution is -0.133. The van der Waals surface area contributed by atoms with Crippen LogP contribution >= 0.6 is 0 Å². The quantitative estimate of drug-likeness (QED) is 0.912. The van der Waals surface area contributed by atoms with Crippen molar-refractivity contribution < 1.29 is 9.53 Å². The summed E-state index contributed by atoms with van der Waals surface area (Å²) in [7, 11) is 1.68. The van der Waals surface area contributed by atoms with Gasteiger partial charge in [-0.15, -0.1) is 0 Å². The van der Waals surface area contributed by atoms with E-state index in [2.05, 4.69) is 22.3 Å². The number of nitrogens with zero attached hydrogens (tertiary/aromatic N) is 1. The molecule has 1 aromatic rings. The fraction of sp³-hybridized carbons (Fsp3) is 0.562. The van der Waals surface area contributed by atoms with Crippen LogP contribution in [0.3, 0.4) is 0 Å². The molecule has 2 heterocycles. The number of likely N-dealkylation sites (tertiary alicyclic amines) is 1. The smallest absolute Gasteiger partial charge is 0.223 e. The van der Waals surface area contributed by atoms with Crippen molar-refractivity contribution in [2.45, 2.75) is 25.3 Å². The van der Waals surface area contributed by atoms with Crippen LogP contribution in [0.15, 0.2) is 24.3 Å². The third-order valence-electron chi connectivity index (χ3n) is 4.38. The third-order valence-corrected chi connectivity index (χ3v) is 4.38. The van der Waals surface area contributed by atoms with E-state index in [0.29, 0.717) is 18.2 Å². The monoisotopic (exact) mass is 274 g/mol. The van der Waals surface area contributed by atoms with Gasteiger partial charge in [0.25, 0.3) is 0 Å². The van der Waals surface area contributed by atoms with E-state index in [-0.39, 0.29) is 6.04 Å². The molecule has 20 heavy (non-hydrogen) atoms. The lowest BCUT2D eigenvalue weighted by atomic mass is 9.97. The summed E-state index contributed by atoms with van der Waals surface area (Å²) in [4.78, 5) is 14.5. The summed E-state index contributed by atoms with van der Waals surface area (Å²) in [5, 5.41) is 3.23. The SMILES string of the molecule is COc1cccc(C2CCCN2C(=O)CC2CNC2)c1. The van der Waals surface area contributed by atoms with Crippen molar-refractivity contribution in [3.8, 4) is 5.75 Å². The lowest BCUT2D eigenvalue weighted by Crippen LogP contribution is -2.45. The van der Waals surface area contributed by atoms with Crippen LogP contribution in [0.25, 0.3) is 0 Å². The first-order valence-electron chi connectivity index (χ1n) is 7.42.